The molecule has 0 radical (unpaired) electrons. The number of benzene rings is 2. The van der Waals surface area contributed by atoms with Gasteiger partial charge >= 0.3 is 0 Å². The molecule has 2 aromatic carbocycles. The predicted molar refractivity (Wildman–Crippen MR) is 116 cm³/mol. The van der Waals surface area contributed by atoms with E-state index in [1.54, 1.807) is 18.2 Å². The summed E-state index contributed by atoms with van der Waals surface area (Å²) >= 11 is 7.60. The Morgan fingerprint density at radius 2 is 1.75 bits per heavy atom. The van der Waals surface area contributed by atoms with Crippen molar-refractivity contribution >= 4 is 46.4 Å². The summed E-state index contributed by atoms with van der Waals surface area (Å²) in [6, 6.07) is 12.6. The van der Waals surface area contributed by atoms with Crippen molar-refractivity contribution < 1.29 is 14.3 Å². The standard InChI is InChI=1S/C22H22ClNO3S/c1-4-13-27-16-11-9-15(10-12-16)19-20(28-5-2)22(26)24(21(19)25)18-8-6-7-17(23)14(18)3/h6-12H,4-5,13H2,1-3H3. The maximum atomic E-state index is 13.3. The Hall–Kier alpha value is -2.24. The number of carbonyl (C=O) groups is 2. The van der Waals surface area contributed by atoms with E-state index in [2.05, 4.69) is 0 Å². The van der Waals surface area contributed by atoms with Crippen molar-refractivity contribution in [3.05, 3.63) is 63.5 Å². The highest BCUT2D eigenvalue weighted by Gasteiger charge is 2.40. The Labute approximate surface area is 174 Å². The van der Waals surface area contributed by atoms with Gasteiger partial charge in [-0.05, 0) is 54.5 Å². The first-order valence-electron chi connectivity index (χ1n) is 9.23. The third-order valence-electron chi connectivity index (χ3n) is 4.43. The molecular weight excluding hydrogens is 394 g/mol. The first-order valence-corrected chi connectivity index (χ1v) is 10.6. The first-order chi connectivity index (χ1) is 13.5. The van der Waals surface area contributed by atoms with E-state index in [9.17, 15) is 9.59 Å². The number of ether oxygens (including phenoxy) is 1. The van der Waals surface area contributed by atoms with E-state index >= 15 is 0 Å². The smallest absolute Gasteiger partial charge is 0.272 e. The third-order valence-corrected chi connectivity index (χ3v) is 5.79. The number of nitrogens with zero attached hydrogens (tertiary/aromatic N) is 1. The largest absolute Gasteiger partial charge is 0.494 e. The lowest BCUT2D eigenvalue weighted by molar-refractivity contribution is -0.119. The molecule has 0 fully saturated rings. The predicted octanol–water partition coefficient (Wildman–Crippen LogP) is 5.47. The zero-order chi connectivity index (χ0) is 20.3. The number of imide groups is 1. The van der Waals surface area contributed by atoms with Crippen LogP contribution in [-0.4, -0.2) is 24.2 Å². The number of rotatable bonds is 7. The van der Waals surface area contributed by atoms with Crippen LogP contribution < -0.4 is 9.64 Å². The monoisotopic (exact) mass is 415 g/mol. The average molecular weight is 416 g/mol. The minimum Gasteiger partial charge on any atom is -0.494 e. The van der Waals surface area contributed by atoms with Gasteiger partial charge in [0, 0.05) is 5.02 Å². The molecule has 0 spiro atoms. The second-order valence-electron chi connectivity index (χ2n) is 6.34. The molecular formula is C22H22ClNO3S. The topological polar surface area (TPSA) is 46.6 Å². The average Bonchev–Trinajstić information content (AvgIpc) is 2.93. The second kappa shape index (κ2) is 8.84. The minimum atomic E-state index is -0.325. The quantitative estimate of drug-likeness (QED) is 0.562. The van der Waals surface area contributed by atoms with E-state index in [4.69, 9.17) is 16.3 Å². The van der Waals surface area contributed by atoms with E-state index in [1.165, 1.54) is 16.7 Å². The highest BCUT2D eigenvalue weighted by atomic mass is 35.5. The fourth-order valence-electron chi connectivity index (χ4n) is 3.04. The molecule has 146 valence electrons. The molecule has 0 saturated heterocycles. The summed E-state index contributed by atoms with van der Waals surface area (Å²) in [4.78, 5) is 28.1. The van der Waals surface area contributed by atoms with E-state index in [0.717, 1.165) is 12.2 Å². The van der Waals surface area contributed by atoms with E-state index < -0.39 is 0 Å². The van der Waals surface area contributed by atoms with Gasteiger partial charge in [0.25, 0.3) is 11.8 Å². The number of anilines is 1. The molecule has 0 saturated carbocycles. The number of amides is 2. The van der Waals surface area contributed by atoms with Gasteiger partial charge < -0.3 is 4.74 Å². The van der Waals surface area contributed by atoms with Gasteiger partial charge in [0.15, 0.2) is 0 Å². The Kier molecular flexibility index (Phi) is 6.47. The van der Waals surface area contributed by atoms with Crippen molar-refractivity contribution in [1.82, 2.24) is 0 Å². The van der Waals surface area contributed by atoms with Crippen LogP contribution in [0.4, 0.5) is 5.69 Å². The van der Waals surface area contributed by atoms with Crippen LogP contribution in [0.3, 0.4) is 0 Å². The molecule has 0 aromatic heterocycles. The van der Waals surface area contributed by atoms with Crippen molar-refractivity contribution in [3.63, 3.8) is 0 Å². The summed E-state index contributed by atoms with van der Waals surface area (Å²) < 4.78 is 5.62. The Bertz CT molecular complexity index is 937. The van der Waals surface area contributed by atoms with Gasteiger partial charge in [-0.25, -0.2) is 4.90 Å². The summed E-state index contributed by atoms with van der Waals surface area (Å²) in [6.07, 6.45) is 0.922. The van der Waals surface area contributed by atoms with Crippen LogP contribution in [0.2, 0.25) is 5.02 Å². The van der Waals surface area contributed by atoms with Crippen molar-refractivity contribution in [3.8, 4) is 5.75 Å². The zero-order valence-electron chi connectivity index (χ0n) is 16.1. The summed E-state index contributed by atoms with van der Waals surface area (Å²) in [5.74, 6) is 0.810. The fourth-order valence-corrected chi connectivity index (χ4v) is 4.06. The molecule has 0 unspecified atom stereocenters. The van der Waals surface area contributed by atoms with Gasteiger partial charge in [-0.1, -0.05) is 43.6 Å². The summed E-state index contributed by atoms with van der Waals surface area (Å²) in [5, 5.41) is 0.522. The number of halogens is 1. The molecule has 1 aliphatic heterocycles. The van der Waals surface area contributed by atoms with Gasteiger partial charge in [0.2, 0.25) is 0 Å². The van der Waals surface area contributed by atoms with Crippen LogP contribution >= 0.6 is 23.4 Å². The van der Waals surface area contributed by atoms with Crippen LogP contribution in [-0.2, 0) is 9.59 Å². The van der Waals surface area contributed by atoms with Crippen molar-refractivity contribution in [1.29, 1.82) is 0 Å². The van der Waals surface area contributed by atoms with Gasteiger partial charge in [-0.3, -0.25) is 9.59 Å². The molecule has 0 N–H and O–H groups in total. The van der Waals surface area contributed by atoms with Gasteiger partial charge in [-0.15, -0.1) is 11.8 Å². The van der Waals surface area contributed by atoms with Crippen LogP contribution in [0.5, 0.6) is 5.75 Å². The molecule has 2 aromatic rings. The lowest BCUT2D eigenvalue weighted by Crippen LogP contribution is -2.32. The molecule has 1 heterocycles. The molecule has 6 heteroatoms. The van der Waals surface area contributed by atoms with Gasteiger partial charge in [-0.2, -0.15) is 0 Å². The lowest BCUT2D eigenvalue weighted by Gasteiger charge is -2.18. The zero-order valence-corrected chi connectivity index (χ0v) is 17.7. The maximum Gasteiger partial charge on any atom is 0.272 e. The summed E-state index contributed by atoms with van der Waals surface area (Å²) in [6.45, 7) is 6.45. The number of thioether (sulfide) groups is 1. The van der Waals surface area contributed by atoms with Gasteiger partial charge in [0.05, 0.1) is 22.8 Å². The minimum absolute atomic E-state index is 0.302. The summed E-state index contributed by atoms with van der Waals surface area (Å²) in [5.41, 5.74) is 2.37. The normalized spacial score (nSPS) is 14.2. The molecule has 1 aliphatic rings. The van der Waals surface area contributed by atoms with E-state index in [0.29, 0.717) is 44.7 Å². The number of carbonyl (C=O) groups excluding carboxylic acids is 2. The molecule has 4 nitrogen and oxygen atoms in total. The molecule has 28 heavy (non-hydrogen) atoms. The van der Waals surface area contributed by atoms with E-state index in [1.807, 2.05) is 45.0 Å². The molecule has 3 rings (SSSR count). The van der Waals surface area contributed by atoms with E-state index in [-0.39, 0.29) is 11.8 Å². The molecule has 0 aliphatic carbocycles. The lowest BCUT2D eigenvalue weighted by atomic mass is 10.1. The van der Waals surface area contributed by atoms with Crippen LogP contribution in [0, 0.1) is 6.92 Å². The number of hydrogen-bond donors (Lipinski definition) is 0. The van der Waals surface area contributed by atoms with Crippen LogP contribution in [0.1, 0.15) is 31.4 Å². The van der Waals surface area contributed by atoms with Crippen molar-refractivity contribution in [2.75, 3.05) is 17.3 Å². The van der Waals surface area contributed by atoms with Crippen molar-refractivity contribution in [2.45, 2.75) is 27.2 Å². The highest BCUT2D eigenvalue weighted by molar-refractivity contribution is 8.04. The third kappa shape index (κ3) is 3.82. The fraction of sp³-hybridized carbons (Fsp3) is 0.273. The highest BCUT2D eigenvalue weighted by Crippen LogP contribution is 2.40. The second-order valence-corrected chi connectivity index (χ2v) is 8.02. The first kappa shape index (κ1) is 20.5. The molecule has 2 amide bonds. The SMILES string of the molecule is CCCOc1ccc(C2=C(SCC)C(=O)N(c3cccc(Cl)c3C)C2=O)cc1. The summed E-state index contributed by atoms with van der Waals surface area (Å²) in [7, 11) is 0. The molecule has 0 bridgehead atoms. The Morgan fingerprint density at radius 3 is 2.39 bits per heavy atom. The Morgan fingerprint density at radius 1 is 1.04 bits per heavy atom. The number of hydrogen-bond acceptors (Lipinski definition) is 4. The van der Waals surface area contributed by atoms with Crippen LogP contribution in [0.15, 0.2) is 47.4 Å². The van der Waals surface area contributed by atoms with Crippen molar-refractivity contribution in [2.24, 2.45) is 0 Å². The Balaban J connectivity index is 2.02. The van der Waals surface area contributed by atoms with Gasteiger partial charge in [0.1, 0.15) is 5.75 Å². The maximum absolute atomic E-state index is 13.3. The molecule has 0 atom stereocenters. The van der Waals surface area contributed by atoms with Crippen LogP contribution in [0.25, 0.3) is 5.57 Å².